The van der Waals surface area contributed by atoms with E-state index >= 15 is 4.39 Å². The van der Waals surface area contributed by atoms with Crippen LogP contribution in [0.4, 0.5) is 49.5 Å². The molecule has 358 valence electrons. The zero-order valence-electron chi connectivity index (χ0n) is 38.9. The molecule has 0 aliphatic carbocycles. The second-order valence-corrected chi connectivity index (χ2v) is 22.1. The predicted octanol–water partition coefficient (Wildman–Crippen LogP) is 6.84. The number of imide groups is 1. The number of nitrogens with zero attached hydrogens (tertiary/aromatic N) is 12. The van der Waals surface area contributed by atoms with Gasteiger partial charge in [0.05, 0.1) is 45.9 Å². The van der Waals surface area contributed by atoms with Gasteiger partial charge in [0.25, 0.3) is 0 Å². The number of halogens is 2. The molecule has 3 aliphatic rings. The van der Waals surface area contributed by atoms with Crippen molar-refractivity contribution >= 4 is 102 Å². The van der Waals surface area contributed by atoms with Gasteiger partial charge in [-0.1, -0.05) is 0 Å². The highest BCUT2D eigenvalue weighted by Crippen LogP contribution is 2.44. The third-order valence-electron chi connectivity index (χ3n) is 13.2. The number of methoxy groups -OCH3 is 1. The molecular formula is C47H52BrFN15O4P. The Labute approximate surface area is 405 Å². The fourth-order valence-electron chi connectivity index (χ4n) is 9.72. The van der Waals surface area contributed by atoms with Crippen molar-refractivity contribution in [2.24, 2.45) is 20.0 Å². The second-order valence-electron chi connectivity index (χ2n) is 18.1. The topological polar surface area (TPSA) is 197 Å². The molecule has 7 aromatic rings. The van der Waals surface area contributed by atoms with Gasteiger partial charge in [-0.3, -0.25) is 29.3 Å². The Balaban J connectivity index is 0.814. The average Bonchev–Trinajstić information content (AvgIpc) is 3.91. The van der Waals surface area contributed by atoms with Crippen molar-refractivity contribution in [1.29, 1.82) is 0 Å². The number of piperazine rings is 1. The summed E-state index contributed by atoms with van der Waals surface area (Å²) >= 11 is 3.61. The van der Waals surface area contributed by atoms with Crippen LogP contribution >= 0.6 is 23.1 Å². The number of hydrogen-bond acceptors (Lipinski definition) is 15. The summed E-state index contributed by atoms with van der Waals surface area (Å²) in [4.78, 5) is 50.7. The molecule has 69 heavy (non-hydrogen) atoms. The summed E-state index contributed by atoms with van der Waals surface area (Å²) in [5, 5.41) is 20.1. The highest BCUT2D eigenvalue weighted by atomic mass is 79.9. The maximum absolute atomic E-state index is 15.8. The van der Waals surface area contributed by atoms with Gasteiger partial charge in [-0.05, 0) is 78.4 Å². The molecule has 0 spiro atoms. The number of anilines is 7. The molecule has 3 aromatic carbocycles. The van der Waals surface area contributed by atoms with Crippen LogP contribution in [0.2, 0.25) is 0 Å². The maximum Gasteiger partial charge on any atom is 0.329 e. The first kappa shape index (κ1) is 46.1. The Morgan fingerprint density at radius 2 is 1.68 bits per heavy atom. The molecule has 0 atom stereocenters. The molecule has 22 heteroatoms. The standard InChI is InChI=1S/C47H52BrFN15O4P/c1-59-26-29(22-53-59)30-19-37(55-46-51-24-33(48)44(57-46)54-36-7-6-35-32(23-50-27-52-35)43(36)69(4,5)67)41(68-3)21-39(30)62-11-8-28(9-12-62)25-61-14-16-63(17-15-61)40-20-38-31(18-34(40)49)45(58-60(38)2)64-13-10-42(65)56-47(64)66/h6-7,18-24,26-28H,8-17,25H2,1-5H3,(H,56,65,66)(H2,51,54,55,57). The molecule has 3 fully saturated rings. The van der Waals surface area contributed by atoms with E-state index in [1.165, 1.54) is 17.3 Å². The average molecular weight is 1020 g/mol. The lowest BCUT2D eigenvalue weighted by atomic mass is 9.94. The molecule has 19 nitrogen and oxygen atoms in total. The van der Waals surface area contributed by atoms with Gasteiger partial charge in [-0.25, -0.2) is 24.1 Å². The minimum atomic E-state index is -2.79. The Bertz CT molecular complexity index is 3180. The molecule has 10 rings (SSSR count). The van der Waals surface area contributed by atoms with Crippen molar-refractivity contribution in [1.82, 2.24) is 49.7 Å². The highest BCUT2D eigenvalue weighted by Gasteiger charge is 2.31. The minimum absolute atomic E-state index is 0.160. The van der Waals surface area contributed by atoms with E-state index in [0.29, 0.717) is 91.0 Å². The van der Waals surface area contributed by atoms with Gasteiger partial charge < -0.3 is 29.7 Å². The fraction of sp³-hybridized carbons (Fsp3) is 0.362. The van der Waals surface area contributed by atoms with Gasteiger partial charge in [-0.15, -0.1) is 0 Å². The van der Waals surface area contributed by atoms with E-state index in [1.807, 2.05) is 37.6 Å². The number of rotatable bonds is 12. The first-order valence-corrected chi connectivity index (χ1v) is 26.2. The lowest BCUT2D eigenvalue weighted by molar-refractivity contribution is -0.120. The molecule has 3 N–H and O–H groups in total. The normalized spacial score (nSPS) is 16.4. The Morgan fingerprint density at radius 1 is 0.899 bits per heavy atom. The van der Waals surface area contributed by atoms with E-state index < -0.39 is 13.2 Å². The van der Waals surface area contributed by atoms with Gasteiger partial charge >= 0.3 is 6.03 Å². The van der Waals surface area contributed by atoms with Crippen LogP contribution in [0.25, 0.3) is 32.9 Å². The quantitative estimate of drug-likeness (QED) is 0.108. The summed E-state index contributed by atoms with van der Waals surface area (Å²) in [7, 11) is 2.54. The maximum atomic E-state index is 15.8. The lowest BCUT2D eigenvalue weighted by Gasteiger charge is -2.40. The lowest BCUT2D eigenvalue weighted by Crippen LogP contribution is -2.49. The second kappa shape index (κ2) is 18.7. The third-order valence-corrected chi connectivity index (χ3v) is 15.3. The van der Waals surface area contributed by atoms with Gasteiger partial charge in [0, 0.05) is 130 Å². The van der Waals surface area contributed by atoms with Crippen molar-refractivity contribution < 1.29 is 23.3 Å². The van der Waals surface area contributed by atoms with E-state index in [2.05, 4.69) is 83.9 Å². The smallest absolute Gasteiger partial charge is 0.329 e. The summed E-state index contributed by atoms with van der Waals surface area (Å²) in [6, 6.07) is 10.6. The third kappa shape index (κ3) is 9.29. The van der Waals surface area contributed by atoms with Crippen LogP contribution in [-0.2, 0) is 23.5 Å². The van der Waals surface area contributed by atoms with Crippen molar-refractivity contribution in [3.05, 3.63) is 77.8 Å². The van der Waals surface area contributed by atoms with E-state index in [-0.39, 0.29) is 24.7 Å². The van der Waals surface area contributed by atoms with Crippen molar-refractivity contribution in [2.75, 3.05) is 98.1 Å². The molecule has 4 aromatic heterocycles. The molecule has 0 unspecified atom stereocenters. The number of fused-ring (bicyclic) bond motifs is 2. The van der Waals surface area contributed by atoms with Crippen LogP contribution in [-0.4, -0.2) is 129 Å². The molecule has 0 saturated carbocycles. The molecule has 3 aliphatic heterocycles. The van der Waals surface area contributed by atoms with E-state index in [1.54, 1.807) is 49.2 Å². The number of benzene rings is 3. The fourth-order valence-corrected chi connectivity index (χ4v) is 11.5. The van der Waals surface area contributed by atoms with E-state index in [0.717, 1.165) is 62.4 Å². The monoisotopic (exact) mass is 1020 g/mol. The van der Waals surface area contributed by atoms with Crippen LogP contribution in [0.15, 0.2) is 72.0 Å². The largest absolute Gasteiger partial charge is 0.494 e. The Hall–Kier alpha value is -6.70. The van der Waals surface area contributed by atoms with Crippen LogP contribution in [0.5, 0.6) is 5.75 Å². The van der Waals surface area contributed by atoms with E-state index in [9.17, 15) is 14.2 Å². The number of carbonyl (C=O) groups is 2. The highest BCUT2D eigenvalue weighted by molar-refractivity contribution is 9.10. The van der Waals surface area contributed by atoms with Crippen molar-refractivity contribution in [2.45, 2.75) is 19.3 Å². The van der Waals surface area contributed by atoms with Crippen LogP contribution in [0, 0.1) is 11.7 Å². The number of amides is 3. The summed E-state index contributed by atoms with van der Waals surface area (Å²) in [6.07, 6.45) is 10.9. The molecule has 7 heterocycles. The van der Waals surface area contributed by atoms with Crippen LogP contribution in [0.3, 0.4) is 0 Å². The Kier molecular flexibility index (Phi) is 12.5. The molecular weight excluding hydrogens is 968 g/mol. The summed E-state index contributed by atoms with van der Waals surface area (Å²) < 4.78 is 39.6. The first-order chi connectivity index (χ1) is 33.2. The molecule has 3 amide bonds. The minimum Gasteiger partial charge on any atom is -0.494 e. The molecule has 3 saturated heterocycles. The number of hydrogen-bond donors (Lipinski definition) is 3. The number of carbonyl (C=O) groups excluding carboxylic acids is 2. The first-order valence-electron chi connectivity index (χ1n) is 22.8. The Morgan fingerprint density at radius 3 is 2.41 bits per heavy atom. The number of piperidine rings is 1. The van der Waals surface area contributed by atoms with Gasteiger partial charge in [0.2, 0.25) is 11.9 Å². The van der Waals surface area contributed by atoms with Gasteiger partial charge in [0.15, 0.2) is 5.82 Å². The zero-order chi connectivity index (χ0) is 48.1. The van der Waals surface area contributed by atoms with E-state index in [4.69, 9.17) is 9.72 Å². The van der Waals surface area contributed by atoms with Crippen LogP contribution in [0.1, 0.15) is 19.3 Å². The number of nitrogens with one attached hydrogen (secondary N) is 3. The SMILES string of the molecule is COc1cc(N2CCC(CN3CCN(c4cc5c(cc4F)c(N4CCC(=O)NC4=O)nn5C)CC3)CC2)c(-c2cnn(C)c2)cc1Nc1ncc(Br)c(Nc2ccc3ncncc3c2P(C)(C)=O)n1. The number of aryl methyl sites for hydroxylation is 2. The number of aromatic nitrogens is 8. The summed E-state index contributed by atoms with van der Waals surface area (Å²) in [5.41, 5.74) is 6.24. The molecule has 0 bridgehead atoms. The summed E-state index contributed by atoms with van der Waals surface area (Å²) in [5.74, 6) is 1.57. The van der Waals surface area contributed by atoms with Crippen molar-refractivity contribution in [3.8, 4) is 16.9 Å². The molecule has 0 radical (unpaired) electrons. The number of ether oxygens (including phenoxy) is 1. The van der Waals surface area contributed by atoms with Gasteiger partial charge in [0.1, 0.15) is 30.9 Å². The number of urea groups is 1. The van der Waals surface area contributed by atoms with Crippen LogP contribution < -0.4 is 40.7 Å². The van der Waals surface area contributed by atoms with Gasteiger partial charge in [-0.2, -0.15) is 15.2 Å². The predicted molar refractivity (Wildman–Crippen MR) is 270 cm³/mol. The zero-order valence-corrected chi connectivity index (χ0v) is 41.4. The van der Waals surface area contributed by atoms with Crippen molar-refractivity contribution in [3.63, 3.8) is 0 Å². The summed E-state index contributed by atoms with van der Waals surface area (Å²) in [6.45, 7) is 9.32.